The van der Waals surface area contributed by atoms with E-state index in [0.29, 0.717) is 41.7 Å². The van der Waals surface area contributed by atoms with E-state index in [1.807, 2.05) is 70.2 Å². The van der Waals surface area contributed by atoms with Crippen LogP contribution in [0.15, 0.2) is 47.3 Å². The molecule has 10 nitrogen and oxygen atoms in total. The SMILES string of the molecule is CC(C)n1c(=O)n(C(C)C)c2cc3c(cc21)OC[C@H](N1CCc2c(nn(Cc4ccccc4)c2Cl)C1=O)C(=O)N3C. The number of benzene rings is 2. The Morgan fingerprint density at radius 1 is 1.00 bits per heavy atom. The first-order chi connectivity index (χ1) is 19.6. The topological polar surface area (TPSA) is 94.6 Å². The lowest BCUT2D eigenvalue weighted by Crippen LogP contribution is -2.54. The monoisotopic (exact) mass is 576 g/mol. The fraction of sp³-hybridized carbons (Fsp3) is 0.400. The van der Waals surface area contributed by atoms with Crippen molar-refractivity contribution < 1.29 is 14.3 Å². The summed E-state index contributed by atoms with van der Waals surface area (Å²) in [7, 11) is 1.68. The Balaban J connectivity index is 1.33. The summed E-state index contributed by atoms with van der Waals surface area (Å²) in [5, 5.41) is 5.00. The van der Waals surface area contributed by atoms with E-state index < -0.39 is 6.04 Å². The minimum absolute atomic E-state index is 0.0159. The molecule has 4 heterocycles. The maximum Gasteiger partial charge on any atom is 0.329 e. The van der Waals surface area contributed by atoms with Crippen LogP contribution in [0.2, 0.25) is 5.15 Å². The first-order valence-corrected chi connectivity index (χ1v) is 14.3. The van der Waals surface area contributed by atoms with Gasteiger partial charge in [-0.1, -0.05) is 41.9 Å². The molecule has 11 heteroatoms. The standard InChI is InChI=1S/C30H33ClN6O4/c1-17(2)36-21-13-23-25(14-22(21)37(18(3)4)30(36)40)41-16-24(28(38)33(23)5)34-12-11-20-26(29(34)39)32-35(27(20)31)15-19-9-7-6-8-10-19/h6-10,13-14,17-18,24H,11-12,15-16H2,1-5H3/t24-/m0/s1. The molecule has 2 aliphatic heterocycles. The molecule has 0 saturated carbocycles. The van der Waals surface area contributed by atoms with Crippen LogP contribution in [-0.2, 0) is 17.8 Å². The number of likely N-dealkylation sites (N-methyl/N-ethyl adjacent to an activating group) is 1. The van der Waals surface area contributed by atoms with Crippen molar-refractivity contribution in [2.45, 2.75) is 58.8 Å². The molecule has 0 bridgehead atoms. The van der Waals surface area contributed by atoms with Gasteiger partial charge in [0.25, 0.3) is 11.8 Å². The fourth-order valence-electron chi connectivity index (χ4n) is 5.94. The Bertz CT molecular complexity index is 1740. The van der Waals surface area contributed by atoms with Crippen LogP contribution in [0.1, 0.15) is 61.4 Å². The van der Waals surface area contributed by atoms with E-state index >= 15 is 0 Å². The zero-order chi connectivity index (χ0) is 29.2. The quantitative estimate of drug-likeness (QED) is 0.353. The van der Waals surface area contributed by atoms with Crippen molar-refractivity contribution >= 4 is 40.1 Å². The van der Waals surface area contributed by atoms with E-state index in [1.165, 1.54) is 4.90 Å². The molecule has 0 aliphatic carbocycles. The average Bonchev–Trinajstić information content (AvgIpc) is 3.37. The maximum absolute atomic E-state index is 13.8. The van der Waals surface area contributed by atoms with E-state index in [2.05, 4.69) is 5.10 Å². The number of imidazole rings is 1. The van der Waals surface area contributed by atoms with Crippen LogP contribution in [0.5, 0.6) is 5.75 Å². The number of ether oxygens (including phenoxy) is 1. The van der Waals surface area contributed by atoms with Gasteiger partial charge in [-0.05, 0) is 45.7 Å². The molecule has 0 unspecified atom stereocenters. The summed E-state index contributed by atoms with van der Waals surface area (Å²) in [6.07, 6.45) is 0.484. The van der Waals surface area contributed by atoms with Crippen molar-refractivity contribution in [3.8, 4) is 5.75 Å². The number of halogens is 1. The number of anilines is 1. The van der Waals surface area contributed by atoms with Gasteiger partial charge in [-0.25, -0.2) is 9.48 Å². The molecule has 214 valence electrons. The molecule has 4 aromatic rings. The number of amides is 2. The second-order valence-electron chi connectivity index (χ2n) is 11.3. The van der Waals surface area contributed by atoms with Gasteiger partial charge >= 0.3 is 5.69 Å². The number of aromatic nitrogens is 4. The number of hydrogen-bond acceptors (Lipinski definition) is 5. The molecule has 41 heavy (non-hydrogen) atoms. The summed E-state index contributed by atoms with van der Waals surface area (Å²) in [4.78, 5) is 43.9. The summed E-state index contributed by atoms with van der Waals surface area (Å²) in [6.45, 7) is 8.60. The van der Waals surface area contributed by atoms with E-state index in [4.69, 9.17) is 16.3 Å². The average molecular weight is 577 g/mol. The van der Waals surface area contributed by atoms with E-state index in [1.54, 1.807) is 25.8 Å². The summed E-state index contributed by atoms with van der Waals surface area (Å²) in [5.41, 5.74) is 3.92. The minimum Gasteiger partial charge on any atom is -0.489 e. The molecular weight excluding hydrogens is 544 g/mol. The molecule has 0 saturated heterocycles. The summed E-state index contributed by atoms with van der Waals surface area (Å²) in [6, 6.07) is 12.5. The van der Waals surface area contributed by atoms with Gasteiger partial charge in [0.15, 0.2) is 5.69 Å². The highest BCUT2D eigenvalue weighted by Gasteiger charge is 2.41. The maximum atomic E-state index is 13.8. The van der Waals surface area contributed by atoms with Crippen LogP contribution in [-0.4, -0.2) is 61.9 Å². The number of carbonyl (C=O) groups is 2. The van der Waals surface area contributed by atoms with Crippen molar-refractivity contribution in [1.29, 1.82) is 0 Å². The number of hydrogen-bond donors (Lipinski definition) is 0. The van der Waals surface area contributed by atoms with Gasteiger partial charge in [-0.15, -0.1) is 0 Å². The normalized spacial score (nSPS) is 17.3. The first kappa shape index (κ1) is 27.1. The van der Waals surface area contributed by atoms with Crippen molar-refractivity contribution in [2.75, 3.05) is 25.1 Å². The largest absolute Gasteiger partial charge is 0.489 e. The van der Waals surface area contributed by atoms with Gasteiger partial charge in [0, 0.05) is 37.3 Å². The van der Waals surface area contributed by atoms with Crippen LogP contribution >= 0.6 is 11.6 Å². The molecule has 2 aromatic heterocycles. The Labute approximate surface area is 242 Å². The second kappa shape index (κ2) is 10.1. The fourth-order valence-corrected chi connectivity index (χ4v) is 6.22. The Kier molecular flexibility index (Phi) is 6.68. The summed E-state index contributed by atoms with van der Waals surface area (Å²) in [5.74, 6) is -0.116. The van der Waals surface area contributed by atoms with Gasteiger partial charge in [-0.2, -0.15) is 5.10 Å². The van der Waals surface area contributed by atoms with E-state index in [0.717, 1.165) is 16.6 Å². The molecule has 2 aromatic carbocycles. The second-order valence-corrected chi connectivity index (χ2v) is 11.6. The Hall–Kier alpha value is -4.05. The summed E-state index contributed by atoms with van der Waals surface area (Å²) >= 11 is 6.65. The van der Waals surface area contributed by atoms with E-state index in [9.17, 15) is 14.4 Å². The molecule has 0 fully saturated rings. The van der Waals surface area contributed by atoms with Crippen LogP contribution in [0.4, 0.5) is 5.69 Å². The van der Waals surface area contributed by atoms with Gasteiger partial charge in [0.2, 0.25) is 0 Å². The minimum atomic E-state index is -0.843. The third-order valence-corrected chi connectivity index (χ3v) is 8.42. The van der Waals surface area contributed by atoms with Crippen molar-refractivity contribution in [1.82, 2.24) is 23.8 Å². The van der Waals surface area contributed by atoms with Gasteiger partial charge in [0.1, 0.15) is 23.6 Å². The third kappa shape index (κ3) is 4.32. The molecule has 2 aliphatic rings. The van der Waals surface area contributed by atoms with Crippen molar-refractivity contribution in [3.63, 3.8) is 0 Å². The number of nitrogens with zero attached hydrogens (tertiary/aromatic N) is 6. The third-order valence-electron chi connectivity index (χ3n) is 7.99. The lowest BCUT2D eigenvalue weighted by atomic mass is 10.0. The zero-order valence-electron chi connectivity index (χ0n) is 23.8. The number of fused-ring (bicyclic) bond motifs is 3. The lowest BCUT2D eigenvalue weighted by molar-refractivity contribution is -0.123. The first-order valence-electron chi connectivity index (χ1n) is 13.9. The Morgan fingerprint density at radius 3 is 2.32 bits per heavy atom. The van der Waals surface area contributed by atoms with Gasteiger partial charge in [-0.3, -0.25) is 18.7 Å². The van der Waals surface area contributed by atoms with Crippen LogP contribution < -0.4 is 15.3 Å². The Morgan fingerprint density at radius 2 is 1.66 bits per heavy atom. The molecule has 6 rings (SSSR count). The van der Waals surface area contributed by atoms with Crippen molar-refractivity contribution in [3.05, 3.63) is 74.9 Å². The van der Waals surface area contributed by atoms with Gasteiger partial charge < -0.3 is 14.5 Å². The molecular formula is C30H33ClN6O4. The van der Waals surface area contributed by atoms with E-state index in [-0.39, 0.29) is 41.9 Å². The predicted octanol–water partition coefficient (Wildman–Crippen LogP) is 4.29. The molecule has 2 amide bonds. The molecule has 0 N–H and O–H groups in total. The van der Waals surface area contributed by atoms with Crippen molar-refractivity contribution in [2.24, 2.45) is 0 Å². The highest BCUT2D eigenvalue weighted by Crippen LogP contribution is 2.37. The zero-order valence-corrected chi connectivity index (χ0v) is 24.6. The van der Waals surface area contributed by atoms with Gasteiger partial charge in [0.05, 0.1) is 23.3 Å². The number of carbonyl (C=O) groups excluding carboxylic acids is 2. The highest BCUT2D eigenvalue weighted by atomic mass is 35.5. The van der Waals surface area contributed by atoms with Crippen LogP contribution in [0.25, 0.3) is 11.0 Å². The summed E-state index contributed by atoms with van der Waals surface area (Å²) < 4.78 is 11.3. The van der Waals surface area contributed by atoms with Crippen LogP contribution in [0.3, 0.4) is 0 Å². The number of rotatable bonds is 5. The van der Waals surface area contributed by atoms with Crippen LogP contribution in [0, 0.1) is 0 Å². The molecule has 1 atom stereocenters. The molecule has 0 radical (unpaired) electrons. The highest BCUT2D eigenvalue weighted by molar-refractivity contribution is 6.31. The lowest BCUT2D eigenvalue weighted by Gasteiger charge is -2.33. The predicted molar refractivity (Wildman–Crippen MR) is 157 cm³/mol. The molecule has 0 spiro atoms. The smallest absolute Gasteiger partial charge is 0.329 e.